The van der Waals surface area contributed by atoms with Crippen molar-refractivity contribution in [2.45, 2.75) is 66.3 Å². The Kier molecular flexibility index (Phi) is 12.0. The van der Waals surface area contributed by atoms with Crippen molar-refractivity contribution in [2.24, 2.45) is 5.92 Å². The quantitative estimate of drug-likeness (QED) is 0.449. The van der Waals surface area contributed by atoms with Gasteiger partial charge < -0.3 is 15.0 Å². The molecular weight excluding hydrogens is 374 g/mol. The summed E-state index contributed by atoms with van der Waals surface area (Å²) in [5.74, 6) is 1.57. The number of nitrogens with zero attached hydrogens (tertiary/aromatic N) is 2. The summed E-state index contributed by atoms with van der Waals surface area (Å²) in [6.45, 7) is 14.4. The van der Waals surface area contributed by atoms with Gasteiger partial charge in [-0.3, -0.25) is 9.69 Å². The van der Waals surface area contributed by atoms with Gasteiger partial charge in [-0.15, -0.1) is 0 Å². The van der Waals surface area contributed by atoms with Gasteiger partial charge in [0.25, 0.3) is 0 Å². The van der Waals surface area contributed by atoms with Crippen LogP contribution in [0.1, 0.15) is 69.2 Å². The van der Waals surface area contributed by atoms with E-state index < -0.39 is 0 Å². The third-order valence-electron chi connectivity index (χ3n) is 5.87. The average Bonchev–Trinajstić information content (AvgIpc) is 2.68. The Hall–Kier alpha value is -1.59. The SMILES string of the molecule is CCCC(=O)NCC(C)CN(C)C(C)c1ccc(OCCCCN(C)C)c(C)c1C. The molecule has 2 atom stereocenters. The van der Waals surface area contributed by atoms with E-state index in [1.54, 1.807) is 0 Å². The number of unbranched alkanes of at least 4 members (excludes halogenated alkanes) is 1. The fraction of sp³-hybridized carbons (Fsp3) is 0.720. The molecule has 1 aromatic carbocycles. The molecule has 1 aromatic rings. The minimum atomic E-state index is 0.156. The molecule has 5 heteroatoms. The van der Waals surface area contributed by atoms with Crippen LogP contribution in [-0.4, -0.2) is 63.1 Å². The maximum atomic E-state index is 11.7. The molecular formula is C25H45N3O2. The van der Waals surface area contributed by atoms with E-state index in [0.717, 1.165) is 51.3 Å². The summed E-state index contributed by atoms with van der Waals surface area (Å²) in [5.41, 5.74) is 3.89. The Morgan fingerprint density at radius 1 is 1.10 bits per heavy atom. The first kappa shape index (κ1) is 26.4. The van der Waals surface area contributed by atoms with E-state index in [9.17, 15) is 4.79 Å². The lowest BCUT2D eigenvalue weighted by Crippen LogP contribution is -2.35. The molecule has 0 fully saturated rings. The molecule has 0 spiro atoms. The minimum Gasteiger partial charge on any atom is -0.493 e. The van der Waals surface area contributed by atoms with Gasteiger partial charge >= 0.3 is 0 Å². The number of rotatable bonds is 14. The van der Waals surface area contributed by atoms with Gasteiger partial charge in [-0.1, -0.05) is 19.9 Å². The number of hydrogen-bond donors (Lipinski definition) is 1. The Balaban J connectivity index is 2.61. The monoisotopic (exact) mass is 419 g/mol. The normalized spacial score (nSPS) is 13.5. The molecule has 1 N–H and O–H groups in total. The second-order valence-corrected chi connectivity index (χ2v) is 9.04. The number of carbonyl (C=O) groups excluding carboxylic acids is 1. The van der Waals surface area contributed by atoms with E-state index in [2.05, 4.69) is 76.1 Å². The van der Waals surface area contributed by atoms with Gasteiger partial charge in [0.1, 0.15) is 5.75 Å². The molecule has 0 bridgehead atoms. The molecule has 1 rings (SSSR count). The summed E-state index contributed by atoms with van der Waals surface area (Å²) in [6, 6.07) is 4.65. The van der Waals surface area contributed by atoms with Crippen LogP contribution in [0.4, 0.5) is 0 Å². The topological polar surface area (TPSA) is 44.8 Å². The predicted octanol–water partition coefficient (Wildman–Crippen LogP) is 4.57. The molecule has 1 amide bonds. The van der Waals surface area contributed by atoms with Crippen molar-refractivity contribution in [2.75, 3.05) is 47.4 Å². The zero-order valence-electron chi connectivity index (χ0n) is 20.7. The number of nitrogens with one attached hydrogen (secondary N) is 1. The number of amides is 1. The van der Waals surface area contributed by atoms with Crippen LogP contribution in [0.2, 0.25) is 0 Å². The first-order valence-electron chi connectivity index (χ1n) is 11.5. The first-order valence-corrected chi connectivity index (χ1v) is 11.5. The number of carbonyl (C=O) groups is 1. The third-order valence-corrected chi connectivity index (χ3v) is 5.87. The Morgan fingerprint density at radius 2 is 1.80 bits per heavy atom. The zero-order chi connectivity index (χ0) is 22.7. The standard InChI is InChI=1S/C25H45N3O2/c1-9-12-25(29)26-17-19(2)18-28(8)22(5)23-13-14-24(21(4)20(23)3)30-16-11-10-15-27(6)7/h13-14,19,22H,9-12,15-18H2,1-8H3,(H,26,29). The molecule has 0 aromatic heterocycles. The van der Waals surface area contributed by atoms with Gasteiger partial charge in [0.05, 0.1) is 6.61 Å². The van der Waals surface area contributed by atoms with Crippen molar-refractivity contribution in [1.82, 2.24) is 15.1 Å². The molecule has 172 valence electrons. The van der Waals surface area contributed by atoms with Crippen molar-refractivity contribution < 1.29 is 9.53 Å². The molecule has 0 saturated carbocycles. The maximum absolute atomic E-state index is 11.7. The minimum absolute atomic E-state index is 0.156. The van der Waals surface area contributed by atoms with Gasteiger partial charge in [0, 0.05) is 25.6 Å². The Labute approximate surface area is 185 Å². The van der Waals surface area contributed by atoms with E-state index in [-0.39, 0.29) is 5.91 Å². The van der Waals surface area contributed by atoms with Crippen molar-refractivity contribution in [3.63, 3.8) is 0 Å². The molecule has 30 heavy (non-hydrogen) atoms. The van der Waals surface area contributed by atoms with Crippen LogP contribution in [0.3, 0.4) is 0 Å². The van der Waals surface area contributed by atoms with Gasteiger partial charge in [0.15, 0.2) is 0 Å². The third kappa shape index (κ3) is 9.05. The lowest BCUT2D eigenvalue weighted by molar-refractivity contribution is -0.121. The lowest BCUT2D eigenvalue weighted by atomic mass is 9.96. The summed E-state index contributed by atoms with van der Waals surface area (Å²) in [5, 5.41) is 3.05. The largest absolute Gasteiger partial charge is 0.493 e. The molecule has 0 saturated heterocycles. The van der Waals surface area contributed by atoms with Crippen LogP contribution < -0.4 is 10.1 Å². The summed E-state index contributed by atoms with van der Waals surface area (Å²) in [4.78, 5) is 16.3. The fourth-order valence-corrected chi connectivity index (χ4v) is 3.69. The van der Waals surface area contributed by atoms with Gasteiger partial charge in [0.2, 0.25) is 5.91 Å². The lowest BCUT2D eigenvalue weighted by Gasteiger charge is -2.30. The maximum Gasteiger partial charge on any atom is 0.219 e. The highest BCUT2D eigenvalue weighted by molar-refractivity contribution is 5.75. The molecule has 5 nitrogen and oxygen atoms in total. The molecule has 0 aliphatic carbocycles. The highest BCUT2D eigenvalue weighted by Crippen LogP contribution is 2.30. The van der Waals surface area contributed by atoms with Crippen molar-refractivity contribution >= 4 is 5.91 Å². The van der Waals surface area contributed by atoms with E-state index in [1.807, 2.05) is 6.92 Å². The van der Waals surface area contributed by atoms with Crippen molar-refractivity contribution in [3.8, 4) is 5.75 Å². The number of benzene rings is 1. The van der Waals surface area contributed by atoms with E-state index in [0.29, 0.717) is 18.4 Å². The van der Waals surface area contributed by atoms with Gasteiger partial charge in [-0.25, -0.2) is 0 Å². The summed E-state index contributed by atoms with van der Waals surface area (Å²) < 4.78 is 6.06. The van der Waals surface area contributed by atoms with Gasteiger partial charge in [-0.05, 0) is 96.4 Å². The zero-order valence-corrected chi connectivity index (χ0v) is 20.7. The van der Waals surface area contributed by atoms with Crippen LogP contribution >= 0.6 is 0 Å². The second-order valence-electron chi connectivity index (χ2n) is 9.04. The fourth-order valence-electron chi connectivity index (χ4n) is 3.69. The van der Waals surface area contributed by atoms with Crippen LogP contribution in [-0.2, 0) is 4.79 Å². The van der Waals surface area contributed by atoms with Crippen molar-refractivity contribution in [3.05, 3.63) is 28.8 Å². The van der Waals surface area contributed by atoms with Crippen LogP contribution in [0, 0.1) is 19.8 Å². The second kappa shape index (κ2) is 13.7. The molecule has 0 heterocycles. The summed E-state index contributed by atoms with van der Waals surface area (Å²) in [6.07, 6.45) is 3.74. The summed E-state index contributed by atoms with van der Waals surface area (Å²) >= 11 is 0. The van der Waals surface area contributed by atoms with Crippen molar-refractivity contribution in [1.29, 1.82) is 0 Å². The van der Waals surface area contributed by atoms with Gasteiger partial charge in [-0.2, -0.15) is 0 Å². The molecule has 2 unspecified atom stereocenters. The molecule has 0 aliphatic rings. The number of ether oxygens (including phenoxy) is 1. The average molecular weight is 420 g/mol. The highest BCUT2D eigenvalue weighted by atomic mass is 16.5. The van der Waals surface area contributed by atoms with Crippen LogP contribution in [0.15, 0.2) is 12.1 Å². The van der Waals surface area contributed by atoms with E-state index >= 15 is 0 Å². The summed E-state index contributed by atoms with van der Waals surface area (Å²) in [7, 11) is 6.38. The molecule has 0 aliphatic heterocycles. The Morgan fingerprint density at radius 3 is 2.43 bits per heavy atom. The van der Waals surface area contributed by atoms with E-state index in [1.165, 1.54) is 16.7 Å². The van der Waals surface area contributed by atoms with Crippen LogP contribution in [0.5, 0.6) is 5.75 Å². The van der Waals surface area contributed by atoms with Crippen LogP contribution in [0.25, 0.3) is 0 Å². The Bertz CT molecular complexity index is 646. The highest BCUT2D eigenvalue weighted by Gasteiger charge is 2.18. The predicted molar refractivity (Wildman–Crippen MR) is 127 cm³/mol. The van der Waals surface area contributed by atoms with E-state index in [4.69, 9.17) is 4.74 Å². The smallest absolute Gasteiger partial charge is 0.219 e. The first-order chi connectivity index (χ1) is 14.2. The molecule has 0 radical (unpaired) electrons. The number of hydrogen-bond acceptors (Lipinski definition) is 4.